The fourth-order valence-electron chi connectivity index (χ4n) is 1.72. The van der Waals surface area contributed by atoms with E-state index in [0.717, 1.165) is 17.1 Å². The smallest absolute Gasteiger partial charge is 0.167 e. The van der Waals surface area contributed by atoms with Crippen LogP contribution in [0.1, 0.15) is 25.3 Å². The minimum Gasteiger partial charge on any atom is -0.497 e. The van der Waals surface area contributed by atoms with E-state index in [2.05, 4.69) is 19.0 Å². The molecule has 0 radical (unpaired) electrons. The van der Waals surface area contributed by atoms with Crippen LogP contribution in [0.15, 0.2) is 35.0 Å². The van der Waals surface area contributed by atoms with Crippen LogP contribution in [0.4, 0.5) is 0 Å². The number of rotatable bonds is 3. The third kappa shape index (κ3) is 1.94. The number of ether oxygens (including phenoxy) is 1. The molecule has 2 aromatic rings. The van der Waals surface area contributed by atoms with Crippen LogP contribution >= 0.6 is 0 Å². The molecular formula is C13H15NO2. The molecule has 1 aromatic carbocycles. The number of aromatic nitrogens is 1. The predicted octanol–water partition coefficient (Wildman–Crippen LogP) is 3.47. The molecule has 3 heteroatoms. The topological polar surface area (TPSA) is 35.3 Å². The fraction of sp³-hybridized carbons (Fsp3) is 0.308. The van der Waals surface area contributed by atoms with Crippen LogP contribution in [0, 0.1) is 0 Å². The maximum atomic E-state index is 5.23. The zero-order valence-corrected chi connectivity index (χ0v) is 9.73. The Kier molecular flexibility index (Phi) is 2.95. The van der Waals surface area contributed by atoms with E-state index < -0.39 is 0 Å². The van der Waals surface area contributed by atoms with E-state index in [-0.39, 0.29) is 0 Å². The van der Waals surface area contributed by atoms with E-state index in [1.54, 1.807) is 13.3 Å². The van der Waals surface area contributed by atoms with Crippen molar-refractivity contribution in [3.8, 4) is 17.1 Å². The lowest BCUT2D eigenvalue weighted by molar-refractivity contribution is 0.413. The van der Waals surface area contributed by atoms with Gasteiger partial charge in [-0.3, -0.25) is 0 Å². The maximum absolute atomic E-state index is 5.23. The van der Waals surface area contributed by atoms with Gasteiger partial charge in [0.05, 0.1) is 13.3 Å². The number of methoxy groups -OCH3 is 1. The largest absolute Gasteiger partial charge is 0.497 e. The summed E-state index contributed by atoms with van der Waals surface area (Å²) in [5, 5.41) is 3.74. The molecule has 1 heterocycles. The highest BCUT2D eigenvalue weighted by atomic mass is 16.5. The lowest BCUT2D eigenvalue weighted by atomic mass is 9.95. The van der Waals surface area contributed by atoms with Gasteiger partial charge in [-0.1, -0.05) is 19.0 Å². The van der Waals surface area contributed by atoms with Gasteiger partial charge in [0, 0.05) is 11.6 Å². The highest BCUT2D eigenvalue weighted by Crippen LogP contribution is 2.31. The van der Waals surface area contributed by atoms with Crippen molar-refractivity contribution in [2.75, 3.05) is 7.11 Å². The van der Waals surface area contributed by atoms with Crippen molar-refractivity contribution in [3.63, 3.8) is 0 Å². The van der Waals surface area contributed by atoms with Crippen molar-refractivity contribution < 1.29 is 9.26 Å². The Balaban J connectivity index is 2.53. The van der Waals surface area contributed by atoms with E-state index >= 15 is 0 Å². The number of nitrogens with zero attached hydrogens (tertiary/aromatic N) is 1. The highest BCUT2D eigenvalue weighted by molar-refractivity contribution is 5.64. The van der Waals surface area contributed by atoms with E-state index in [1.165, 1.54) is 5.56 Å². The Hall–Kier alpha value is -1.77. The standard InChI is InChI=1S/C13H15NO2/c1-9(2)12-8-10(15-3)4-5-11(12)13-6-7-14-16-13/h4-9H,1-3H3. The zero-order chi connectivity index (χ0) is 11.5. The summed E-state index contributed by atoms with van der Waals surface area (Å²) in [6, 6.07) is 7.86. The van der Waals surface area contributed by atoms with Crippen LogP contribution in [0.2, 0.25) is 0 Å². The summed E-state index contributed by atoms with van der Waals surface area (Å²) in [6.45, 7) is 4.29. The highest BCUT2D eigenvalue weighted by Gasteiger charge is 2.12. The average molecular weight is 217 g/mol. The zero-order valence-electron chi connectivity index (χ0n) is 9.73. The molecule has 3 nitrogen and oxygen atoms in total. The van der Waals surface area contributed by atoms with Crippen molar-refractivity contribution in [3.05, 3.63) is 36.0 Å². The molecule has 0 N–H and O–H groups in total. The fourth-order valence-corrected chi connectivity index (χ4v) is 1.72. The summed E-state index contributed by atoms with van der Waals surface area (Å²) in [5.74, 6) is 2.08. The molecule has 0 aliphatic carbocycles. The molecule has 0 amide bonds. The molecule has 84 valence electrons. The first-order chi connectivity index (χ1) is 7.72. The van der Waals surface area contributed by atoms with Crippen molar-refractivity contribution in [2.45, 2.75) is 19.8 Å². The molecule has 1 aromatic heterocycles. The molecule has 0 saturated carbocycles. The molecule has 0 fully saturated rings. The Morgan fingerprint density at radius 2 is 2.06 bits per heavy atom. The second kappa shape index (κ2) is 4.39. The van der Waals surface area contributed by atoms with E-state index in [1.807, 2.05) is 24.3 Å². The molecule has 2 rings (SSSR count). The van der Waals surface area contributed by atoms with E-state index in [4.69, 9.17) is 9.26 Å². The first-order valence-corrected chi connectivity index (χ1v) is 5.31. The molecule has 0 saturated heterocycles. The quantitative estimate of drug-likeness (QED) is 0.789. The third-order valence-corrected chi connectivity index (χ3v) is 2.58. The molecular weight excluding hydrogens is 202 g/mol. The average Bonchev–Trinajstić information content (AvgIpc) is 2.81. The number of hydrogen-bond donors (Lipinski definition) is 0. The van der Waals surface area contributed by atoms with Crippen LogP contribution in [0.25, 0.3) is 11.3 Å². The SMILES string of the molecule is COc1ccc(-c2ccno2)c(C(C)C)c1. The van der Waals surface area contributed by atoms with Gasteiger partial charge < -0.3 is 9.26 Å². The van der Waals surface area contributed by atoms with Crippen LogP contribution < -0.4 is 4.74 Å². The van der Waals surface area contributed by atoms with Gasteiger partial charge in [0.25, 0.3) is 0 Å². The van der Waals surface area contributed by atoms with Crippen LogP contribution in [-0.2, 0) is 0 Å². The molecule has 0 spiro atoms. The molecule has 0 atom stereocenters. The Labute approximate surface area is 95.0 Å². The van der Waals surface area contributed by atoms with Gasteiger partial charge in [0.15, 0.2) is 5.76 Å². The Morgan fingerprint density at radius 3 is 2.62 bits per heavy atom. The Bertz CT molecular complexity index is 461. The van der Waals surface area contributed by atoms with E-state index in [9.17, 15) is 0 Å². The monoisotopic (exact) mass is 217 g/mol. The molecule has 0 aliphatic heterocycles. The van der Waals surface area contributed by atoms with Crippen molar-refractivity contribution in [2.24, 2.45) is 0 Å². The van der Waals surface area contributed by atoms with Gasteiger partial charge in [-0.05, 0) is 29.7 Å². The molecule has 16 heavy (non-hydrogen) atoms. The van der Waals surface area contributed by atoms with Crippen LogP contribution in [0.3, 0.4) is 0 Å². The van der Waals surface area contributed by atoms with Gasteiger partial charge in [-0.15, -0.1) is 0 Å². The second-order valence-electron chi connectivity index (χ2n) is 3.98. The normalized spacial score (nSPS) is 10.8. The van der Waals surface area contributed by atoms with Gasteiger partial charge >= 0.3 is 0 Å². The first-order valence-electron chi connectivity index (χ1n) is 5.31. The summed E-state index contributed by atoms with van der Waals surface area (Å²) in [6.07, 6.45) is 1.66. The van der Waals surface area contributed by atoms with Crippen molar-refractivity contribution in [1.29, 1.82) is 0 Å². The summed E-state index contributed by atoms with van der Waals surface area (Å²) in [5.41, 5.74) is 2.28. The van der Waals surface area contributed by atoms with E-state index in [0.29, 0.717) is 5.92 Å². The summed E-state index contributed by atoms with van der Waals surface area (Å²) >= 11 is 0. The second-order valence-corrected chi connectivity index (χ2v) is 3.98. The number of hydrogen-bond acceptors (Lipinski definition) is 3. The minimum absolute atomic E-state index is 0.412. The van der Waals surface area contributed by atoms with Gasteiger partial charge in [-0.25, -0.2) is 0 Å². The number of benzene rings is 1. The summed E-state index contributed by atoms with van der Waals surface area (Å²) in [7, 11) is 1.67. The van der Waals surface area contributed by atoms with Crippen LogP contribution in [-0.4, -0.2) is 12.3 Å². The first kappa shape index (κ1) is 10.7. The van der Waals surface area contributed by atoms with Gasteiger partial charge in [0.2, 0.25) is 0 Å². The summed E-state index contributed by atoms with van der Waals surface area (Å²) < 4.78 is 10.4. The lowest BCUT2D eigenvalue weighted by Gasteiger charge is -2.12. The molecule has 0 aliphatic rings. The maximum Gasteiger partial charge on any atom is 0.167 e. The summed E-state index contributed by atoms with van der Waals surface area (Å²) in [4.78, 5) is 0. The predicted molar refractivity (Wildman–Crippen MR) is 62.6 cm³/mol. The molecule has 0 bridgehead atoms. The van der Waals surface area contributed by atoms with Crippen LogP contribution in [0.5, 0.6) is 5.75 Å². The van der Waals surface area contributed by atoms with Crippen molar-refractivity contribution >= 4 is 0 Å². The van der Waals surface area contributed by atoms with Gasteiger partial charge in [-0.2, -0.15) is 0 Å². The Morgan fingerprint density at radius 1 is 1.25 bits per heavy atom. The minimum atomic E-state index is 0.412. The van der Waals surface area contributed by atoms with Gasteiger partial charge in [0.1, 0.15) is 5.75 Å². The lowest BCUT2D eigenvalue weighted by Crippen LogP contribution is -1.93. The van der Waals surface area contributed by atoms with Crippen molar-refractivity contribution in [1.82, 2.24) is 5.16 Å². The molecule has 0 unspecified atom stereocenters. The third-order valence-electron chi connectivity index (χ3n) is 2.58.